The van der Waals surface area contributed by atoms with E-state index in [9.17, 15) is 4.79 Å². The zero-order valence-electron chi connectivity index (χ0n) is 13.1. The van der Waals surface area contributed by atoms with Crippen molar-refractivity contribution in [3.63, 3.8) is 0 Å². The molecule has 2 heterocycles. The number of hydrogen-bond acceptors (Lipinski definition) is 4. The Kier molecular flexibility index (Phi) is 3.51. The smallest absolute Gasteiger partial charge is 0.260 e. The maximum atomic E-state index is 11.7. The van der Waals surface area contributed by atoms with Crippen LogP contribution in [0.1, 0.15) is 40.2 Å². The fraction of sp³-hybridized carbons (Fsp3) is 0.222. The van der Waals surface area contributed by atoms with Crippen molar-refractivity contribution in [3.05, 3.63) is 45.4 Å². The molecule has 1 aliphatic rings. The van der Waals surface area contributed by atoms with Crippen LogP contribution in [-0.2, 0) is 6.42 Å². The molecule has 1 atom stereocenters. The second kappa shape index (κ2) is 5.46. The third kappa shape index (κ3) is 2.19. The average Bonchev–Trinajstić information content (AvgIpc) is 3.08. The van der Waals surface area contributed by atoms with Gasteiger partial charge in [0.2, 0.25) is 0 Å². The van der Waals surface area contributed by atoms with E-state index < -0.39 is 5.91 Å². The van der Waals surface area contributed by atoms with Crippen LogP contribution in [0, 0.1) is 0 Å². The van der Waals surface area contributed by atoms with E-state index in [1.165, 1.54) is 16.9 Å². The van der Waals surface area contributed by atoms with E-state index >= 15 is 0 Å². The predicted molar refractivity (Wildman–Crippen MR) is 99.7 cm³/mol. The number of nitrogen functional groups attached to an aromatic ring is 1. The number of amides is 1. The molecule has 24 heavy (non-hydrogen) atoms. The Morgan fingerprint density at radius 1 is 1.33 bits per heavy atom. The molecular weight excluding hydrogens is 342 g/mol. The molecule has 4 N–H and O–H groups in total. The fourth-order valence-electron chi connectivity index (χ4n) is 3.53. The van der Waals surface area contributed by atoms with Crippen LogP contribution in [0.5, 0.6) is 0 Å². The molecule has 0 spiro atoms. The lowest BCUT2D eigenvalue weighted by molar-refractivity contribution is 0.100. The number of nitrogens with two attached hydrogens (primary N) is 2. The molecular formula is C18H16ClN3OS. The Hall–Kier alpha value is -2.11. The number of aryl methyl sites for hydroxylation is 1. The molecule has 4 nitrogen and oxygen atoms in total. The summed E-state index contributed by atoms with van der Waals surface area (Å²) >= 11 is 7.32. The van der Waals surface area contributed by atoms with Gasteiger partial charge in [-0.15, -0.1) is 11.3 Å². The van der Waals surface area contributed by atoms with E-state index in [2.05, 4.69) is 6.92 Å². The maximum Gasteiger partial charge on any atom is 0.260 e. The molecule has 1 aliphatic carbocycles. The highest BCUT2D eigenvalue weighted by molar-refractivity contribution is 7.21. The number of pyridine rings is 1. The minimum Gasteiger partial charge on any atom is -0.397 e. The van der Waals surface area contributed by atoms with Crippen molar-refractivity contribution >= 4 is 44.7 Å². The van der Waals surface area contributed by atoms with E-state index in [4.69, 9.17) is 28.1 Å². The molecule has 0 bridgehead atoms. The molecule has 0 fully saturated rings. The lowest BCUT2D eigenvalue weighted by Gasteiger charge is -2.14. The minimum absolute atomic E-state index is 0.379. The third-order valence-electron chi connectivity index (χ3n) is 4.66. The molecule has 122 valence electrons. The lowest BCUT2D eigenvalue weighted by atomic mass is 9.91. The summed E-state index contributed by atoms with van der Waals surface area (Å²) < 4.78 is 0. The molecule has 1 aromatic carbocycles. The van der Waals surface area contributed by atoms with Gasteiger partial charge in [0.25, 0.3) is 5.91 Å². The number of primary amides is 1. The van der Waals surface area contributed by atoms with Crippen molar-refractivity contribution in [2.24, 2.45) is 5.73 Å². The Morgan fingerprint density at radius 3 is 2.71 bits per heavy atom. The lowest BCUT2D eigenvalue weighted by Crippen LogP contribution is -2.10. The van der Waals surface area contributed by atoms with Gasteiger partial charge in [0.15, 0.2) is 0 Å². The first-order valence-corrected chi connectivity index (χ1v) is 8.97. The second-order valence-corrected chi connectivity index (χ2v) is 7.62. The molecule has 0 saturated heterocycles. The topological polar surface area (TPSA) is 82.0 Å². The van der Waals surface area contributed by atoms with Gasteiger partial charge in [0, 0.05) is 16.1 Å². The van der Waals surface area contributed by atoms with Gasteiger partial charge < -0.3 is 11.5 Å². The SMILES string of the molecule is CC1CCc2nc3sc(C(N)=O)c(N)c3c(-c3ccc(Cl)cc3)c21. The van der Waals surface area contributed by atoms with Crippen LogP contribution in [0.15, 0.2) is 24.3 Å². The van der Waals surface area contributed by atoms with E-state index in [1.807, 2.05) is 24.3 Å². The molecule has 0 saturated carbocycles. The average molecular weight is 358 g/mol. The number of anilines is 1. The first-order valence-electron chi connectivity index (χ1n) is 7.78. The molecule has 1 unspecified atom stereocenters. The standard InChI is InChI=1S/C18H16ClN3OS/c1-8-2-7-11-12(8)13(9-3-5-10(19)6-4-9)14-15(20)16(17(21)23)24-18(14)22-11/h3-6,8H,2,7,20H2,1H3,(H2,21,23). The van der Waals surface area contributed by atoms with Crippen LogP contribution in [0.2, 0.25) is 5.02 Å². The monoisotopic (exact) mass is 357 g/mol. The summed E-state index contributed by atoms with van der Waals surface area (Å²) in [6, 6.07) is 7.71. The largest absolute Gasteiger partial charge is 0.397 e. The van der Waals surface area contributed by atoms with Gasteiger partial charge in [-0.3, -0.25) is 4.79 Å². The van der Waals surface area contributed by atoms with Crippen LogP contribution in [0.25, 0.3) is 21.3 Å². The van der Waals surface area contributed by atoms with Crippen LogP contribution in [0.4, 0.5) is 5.69 Å². The number of nitrogens with zero attached hydrogens (tertiary/aromatic N) is 1. The van der Waals surface area contributed by atoms with Crippen LogP contribution in [-0.4, -0.2) is 10.9 Å². The van der Waals surface area contributed by atoms with Crippen LogP contribution < -0.4 is 11.5 Å². The molecule has 4 rings (SSSR count). The first-order chi connectivity index (χ1) is 11.5. The quantitative estimate of drug-likeness (QED) is 0.715. The number of rotatable bonds is 2. The molecule has 0 aliphatic heterocycles. The Morgan fingerprint density at radius 2 is 2.04 bits per heavy atom. The molecule has 6 heteroatoms. The number of carbonyl (C=O) groups is 1. The molecule has 0 radical (unpaired) electrons. The Labute approximate surface area is 148 Å². The molecule has 3 aromatic rings. The number of fused-ring (bicyclic) bond motifs is 2. The van der Waals surface area contributed by atoms with Gasteiger partial charge in [-0.2, -0.15) is 0 Å². The van der Waals surface area contributed by atoms with Gasteiger partial charge >= 0.3 is 0 Å². The van der Waals surface area contributed by atoms with Crippen LogP contribution >= 0.6 is 22.9 Å². The summed E-state index contributed by atoms with van der Waals surface area (Å²) in [5.41, 5.74) is 16.6. The highest BCUT2D eigenvalue weighted by atomic mass is 35.5. The number of carbonyl (C=O) groups excluding carboxylic acids is 1. The van der Waals surface area contributed by atoms with Gasteiger partial charge in [0.05, 0.1) is 5.69 Å². The second-order valence-electron chi connectivity index (χ2n) is 6.18. The van der Waals surface area contributed by atoms with Gasteiger partial charge in [0.1, 0.15) is 9.71 Å². The highest BCUT2D eigenvalue weighted by Crippen LogP contribution is 2.47. The van der Waals surface area contributed by atoms with E-state index in [0.29, 0.717) is 21.5 Å². The van der Waals surface area contributed by atoms with Gasteiger partial charge in [-0.1, -0.05) is 30.7 Å². The maximum absolute atomic E-state index is 11.7. The molecule has 2 aromatic heterocycles. The highest BCUT2D eigenvalue weighted by Gasteiger charge is 2.29. The zero-order valence-corrected chi connectivity index (χ0v) is 14.7. The van der Waals surface area contributed by atoms with Crippen molar-refractivity contribution in [1.82, 2.24) is 4.98 Å². The Balaban J connectivity index is 2.13. The van der Waals surface area contributed by atoms with Crippen molar-refractivity contribution in [2.45, 2.75) is 25.7 Å². The summed E-state index contributed by atoms with van der Waals surface area (Å²) in [6.45, 7) is 2.20. The number of hydrogen-bond donors (Lipinski definition) is 2. The molecule has 1 amide bonds. The van der Waals surface area contributed by atoms with Crippen LogP contribution in [0.3, 0.4) is 0 Å². The summed E-state index contributed by atoms with van der Waals surface area (Å²) in [6.07, 6.45) is 2.01. The van der Waals surface area contributed by atoms with E-state index in [-0.39, 0.29) is 0 Å². The number of thiophene rings is 1. The summed E-state index contributed by atoms with van der Waals surface area (Å²) in [4.78, 5) is 17.6. The fourth-order valence-corrected chi connectivity index (χ4v) is 4.63. The van der Waals surface area contributed by atoms with Crippen molar-refractivity contribution in [1.29, 1.82) is 0 Å². The summed E-state index contributed by atoms with van der Waals surface area (Å²) in [5, 5.41) is 1.52. The number of halogens is 1. The minimum atomic E-state index is -0.509. The third-order valence-corrected chi connectivity index (χ3v) is 6.02. The summed E-state index contributed by atoms with van der Waals surface area (Å²) in [5.74, 6) is -0.107. The van der Waals surface area contributed by atoms with Crippen molar-refractivity contribution in [2.75, 3.05) is 5.73 Å². The van der Waals surface area contributed by atoms with Gasteiger partial charge in [-0.25, -0.2) is 4.98 Å². The van der Waals surface area contributed by atoms with Crippen molar-refractivity contribution in [3.8, 4) is 11.1 Å². The van der Waals surface area contributed by atoms with Crippen molar-refractivity contribution < 1.29 is 4.79 Å². The summed E-state index contributed by atoms with van der Waals surface area (Å²) in [7, 11) is 0. The zero-order chi connectivity index (χ0) is 17.0. The Bertz CT molecular complexity index is 978. The van der Waals surface area contributed by atoms with E-state index in [0.717, 1.165) is 39.9 Å². The van der Waals surface area contributed by atoms with E-state index in [1.54, 1.807) is 0 Å². The normalized spacial score (nSPS) is 16.5. The predicted octanol–water partition coefficient (Wildman–Crippen LogP) is 4.35. The number of aromatic nitrogens is 1. The number of benzene rings is 1. The first kappa shape index (κ1) is 15.4. The van der Waals surface area contributed by atoms with Gasteiger partial charge in [-0.05, 0) is 47.6 Å².